The second kappa shape index (κ2) is 11.7. The summed E-state index contributed by atoms with van der Waals surface area (Å²) in [7, 11) is 0. The first kappa shape index (κ1) is 28.5. The zero-order valence-electron chi connectivity index (χ0n) is 22.0. The highest BCUT2D eigenvalue weighted by molar-refractivity contribution is 5.71. The predicted molar refractivity (Wildman–Crippen MR) is 140 cm³/mol. The maximum atomic E-state index is 15.1. The van der Waals surface area contributed by atoms with Crippen LogP contribution < -0.4 is 9.47 Å². The zero-order chi connectivity index (χ0) is 28.2. The lowest BCUT2D eigenvalue weighted by Crippen LogP contribution is -2.19. The number of alkyl halides is 3. The number of carboxylic acid groups (broad SMARTS) is 1. The van der Waals surface area contributed by atoms with Crippen LogP contribution in [-0.2, 0) is 17.8 Å². The number of carbonyl (C=O) groups is 1. The number of hydrogen-bond donors (Lipinski definition) is 1. The maximum Gasteiger partial charge on any atom is 0.422 e. The quantitative estimate of drug-likeness (QED) is 0.261. The SMILES string of the molecule is CC1(C)CCCC1c1cc(COc2cccc(CCC(=O)O)c2)ccc1-c1cc(OCC(F)(F)F)ccc1F. The molecular formula is C31H32F4O4. The summed E-state index contributed by atoms with van der Waals surface area (Å²) in [5.41, 5.74) is 3.46. The summed E-state index contributed by atoms with van der Waals surface area (Å²) in [4.78, 5) is 10.9. The topological polar surface area (TPSA) is 55.8 Å². The number of aryl methyl sites for hydroxylation is 1. The van der Waals surface area contributed by atoms with Crippen LogP contribution in [0.25, 0.3) is 11.1 Å². The number of ether oxygens (including phenoxy) is 2. The average Bonchev–Trinajstić information content (AvgIpc) is 3.24. The molecule has 0 radical (unpaired) electrons. The van der Waals surface area contributed by atoms with Gasteiger partial charge < -0.3 is 14.6 Å². The molecule has 0 aromatic heterocycles. The Morgan fingerprint density at radius 1 is 0.974 bits per heavy atom. The molecule has 4 rings (SSSR count). The molecular weight excluding hydrogens is 512 g/mol. The molecule has 1 unspecified atom stereocenters. The van der Waals surface area contributed by atoms with Gasteiger partial charge in [-0.1, -0.05) is 50.6 Å². The molecule has 39 heavy (non-hydrogen) atoms. The third kappa shape index (κ3) is 7.52. The van der Waals surface area contributed by atoms with E-state index in [-0.39, 0.29) is 35.7 Å². The van der Waals surface area contributed by atoms with Crippen LogP contribution in [0.4, 0.5) is 17.6 Å². The van der Waals surface area contributed by atoms with Crippen LogP contribution in [-0.4, -0.2) is 23.9 Å². The summed E-state index contributed by atoms with van der Waals surface area (Å²) in [6.07, 6.45) is -1.10. The molecule has 0 amide bonds. The summed E-state index contributed by atoms with van der Waals surface area (Å²) in [6.45, 7) is 3.16. The Kier molecular flexibility index (Phi) is 8.52. The van der Waals surface area contributed by atoms with Crippen LogP contribution in [0, 0.1) is 11.2 Å². The van der Waals surface area contributed by atoms with Gasteiger partial charge in [0.25, 0.3) is 0 Å². The van der Waals surface area contributed by atoms with Gasteiger partial charge in [0.1, 0.15) is 23.9 Å². The van der Waals surface area contributed by atoms with E-state index in [1.807, 2.05) is 30.3 Å². The molecule has 3 aromatic rings. The minimum absolute atomic E-state index is 0.0322. The fourth-order valence-electron chi connectivity index (χ4n) is 5.31. The molecule has 0 heterocycles. The number of rotatable bonds is 10. The molecule has 1 N–H and O–H groups in total. The summed E-state index contributed by atoms with van der Waals surface area (Å²) in [5.74, 6) is -0.696. The Morgan fingerprint density at radius 2 is 1.74 bits per heavy atom. The molecule has 3 aromatic carbocycles. The van der Waals surface area contributed by atoms with E-state index in [2.05, 4.69) is 13.8 Å². The third-order valence-corrected chi connectivity index (χ3v) is 7.31. The summed E-state index contributed by atoms with van der Waals surface area (Å²) in [5, 5.41) is 8.94. The predicted octanol–water partition coefficient (Wildman–Crippen LogP) is 8.32. The Hall–Kier alpha value is -3.55. The zero-order valence-corrected chi connectivity index (χ0v) is 22.0. The number of halogens is 4. The van der Waals surface area contributed by atoms with E-state index in [1.165, 1.54) is 12.1 Å². The molecule has 0 aliphatic heterocycles. The monoisotopic (exact) mass is 544 g/mol. The molecule has 0 saturated heterocycles. The van der Waals surface area contributed by atoms with Gasteiger partial charge >= 0.3 is 12.1 Å². The summed E-state index contributed by atoms with van der Waals surface area (Å²) < 4.78 is 64.1. The first-order valence-electron chi connectivity index (χ1n) is 13.0. The number of aliphatic carboxylic acids is 1. The van der Waals surface area contributed by atoms with Crippen LogP contribution >= 0.6 is 0 Å². The van der Waals surface area contributed by atoms with Crippen molar-refractivity contribution in [2.45, 2.75) is 64.7 Å². The van der Waals surface area contributed by atoms with Crippen molar-refractivity contribution in [1.29, 1.82) is 0 Å². The van der Waals surface area contributed by atoms with Gasteiger partial charge in [-0.25, -0.2) is 4.39 Å². The van der Waals surface area contributed by atoms with Gasteiger partial charge in [0, 0.05) is 12.0 Å². The minimum Gasteiger partial charge on any atom is -0.489 e. The lowest BCUT2D eigenvalue weighted by atomic mass is 9.75. The van der Waals surface area contributed by atoms with Crippen molar-refractivity contribution in [2.75, 3.05) is 6.61 Å². The molecule has 4 nitrogen and oxygen atoms in total. The van der Waals surface area contributed by atoms with Gasteiger partial charge in [-0.3, -0.25) is 4.79 Å². The van der Waals surface area contributed by atoms with Crippen LogP contribution in [0.5, 0.6) is 11.5 Å². The minimum atomic E-state index is -4.50. The van der Waals surface area contributed by atoms with Crippen LogP contribution in [0.15, 0.2) is 60.7 Å². The molecule has 0 spiro atoms. The highest BCUT2D eigenvalue weighted by Crippen LogP contribution is 2.51. The Morgan fingerprint density at radius 3 is 2.44 bits per heavy atom. The molecule has 1 atom stereocenters. The lowest BCUT2D eigenvalue weighted by Gasteiger charge is -2.30. The normalized spacial score (nSPS) is 16.7. The average molecular weight is 545 g/mol. The van der Waals surface area contributed by atoms with Crippen molar-refractivity contribution < 1.29 is 36.9 Å². The van der Waals surface area contributed by atoms with Crippen molar-refractivity contribution in [1.82, 2.24) is 0 Å². The van der Waals surface area contributed by atoms with Gasteiger partial charge in [0.05, 0.1) is 0 Å². The summed E-state index contributed by atoms with van der Waals surface area (Å²) >= 11 is 0. The van der Waals surface area contributed by atoms with Crippen molar-refractivity contribution in [3.05, 3.63) is 83.2 Å². The first-order valence-corrected chi connectivity index (χ1v) is 13.0. The smallest absolute Gasteiger partial charge is 0.422 e. The van der Waals surface area contributed by atoms with E-state index in [9.17, 15) is 18.0 Å². The standard InChI is InChI=1S/C31H32F4O4/c1-30(2)14-4-7-27(30)25-16-21(18-38-22-6-3-5-20(15-22)9-13-29(36)37)8-11-24(25)26-17-23(10-12-28(26)32)39-19-31(33,34)35/h3,5-6,8,10-12,15-17,27H,4,7,9,13-14,18-19H2,1-2H3,(H,36,37). The molecule has 1 aliphatic rings. The number of benzene rings is 3. The van der Waals surface area contributed by atoms with Crippen molar-refractivity contribution in [3.63, 3.8) is 0 Å². The van der Waals surface area contributed by atoms with Crippen LogP contribution in [0.3, 0.4) is 0 Å². The van der Waals surface area contributed by atoms with Crippen molar-refractivity contribution >= 4 is 5.97 Å². The van der Waals surface area contributed by atoms with Gasteiger partial charge in [0.15, 0.2) is 6.61 Å². The molecule has 1 aliphatic carbocycles. The second-order valence-electron chi connectivity index (χ2n) is 10.7. The summed E-state index contributed by atoms with van der Waals surface area (Å²) in [6, 6.07) is 16.6. The van der Waals surface area contributed by atoms with E-state index in [0.717, 1.165) is 42.0 Å². The maximum absolute atomic E-state index is 15.1. The Bertz CT molecular complexity index is 1320. The van der Waals surface area contributed by atoms with Gasteiger partial charge in [-0.2, -0.15) is 13.2 Å². The van der Waals surface area contributed by atoms with Crippen LogP contribution in [0.2, 0.25) is 0 Å². The van der Waals surface area contributed by atoms with Gasteiger partial charge in [-0.15, -0.1) is 0 Å². The fourth-order valence-corrected chi connectivity index (χ4v) is 5.31. The van der Waals surface area contributed by atoms with E-state index >= 15 is 4.39 Å². The van der Waals surface area contributed by atoms with Crippen molar-refractivity contribution in [2.24, 2.45) is 5.41 Å². The lowest BCUT2D eigenvalue weighted by molar-refractivity contribution is -0.153. The second-order valence-corrected chi connectivity index (χ2v) is 10.7. The van der Waals surface area contributed by atoms with E-state index in [1.54, 1.807) is 12.1 Å². The largest absolute Gasteiger partial charge is 0.489 e. The Balaban J connectivity index is 1.63. The van der Waals surface area contributed by atoms with Crippen molar-refractivity contribution in [3.8, 4) is 22.6 Å². The van der Waals surface area contributed by atoms with E-state index < -0.39 is 24.6 Å². The molecule has 208 valence electrons. The van der Waals surface area contributed by atoms with Gasteiger partial charge in [-0.05, 0) is 83.2 Å². The highest BCUT2D eigenvalue weighted by Gasteiger charge is 2.37. The third-order valence-electron chi connectivity index (χ3n) is 7.31. The van der Waals surface area contributed by atoms with Crippen LogP contribution in [0.1, 0.15) is 62.1 Å². The first-order chi connectivity index (χ1) is 18.4. The number of hydrogen-bond acceptors (Lipinski definition) is 3. The number of carboxylic acids is 1. The molecule has 1 saturated carbocycles. The molecule has 8 heteroatoms. The van der Waals surface area contributed by atoms with Gasteiger partial charge in [0.2, 0.25) is 0 Å². The van der Waals surface area contributed by atoms with E-state index in [4.69, 9.17) is 14.6 Å². The molecule has 1 fully saturated rings. The fraction of sp³-hybridized carbons (Fsp3) is 0.387. The Labute approximate surface area is 225 Å². The highest BCUT2D eigenvalue weighted by atomic mass is 19.4. The van der Waals surface area contributed by atoms with E-state index in [0.29, 0.717) is 17.7 Å². The molecule has 0 bridgehead atoms.